The highest BCUT2D eigenvalue weighted by atomic mass is 32.2. The van der Waals surface area contributed by atoms with Crippen molar-refractivity contribution in [3.63, 3.8) is 0 Å². The maximum Gasteiger partial charge on any atom is 0.234 e. The quantitative estimate of drug-likeness (QED) is 0.424. The highest BCUT2D eigenvalue weighted by Crippen LogP contribution is 2.28. The first-order valence-corrected chi connectivity index (χ1v) is 11.7. The maximum absolute atomic E-state index is 12.3. The van der Waals surface area contributed by atoms with E-state index in [0.29, 0.717) is 11.2 Å². The Kier molecular flexibility index (Phi) is 7.70. The SMILES string of the molecule is CCN(c1ccc(NC(=O)CSc2nnc(Nc3ccc(C)cc3)s2)cc1)C(C)C. The number of nitrogens with one attached hydrogen (secondary N) is 2. The molecule has 3 aromatic rings. The van der Waals surface area contributed by atoms with E-state index in [1.165, 1.54) is 28.7 Å². The summed E-state index contributed by atoms with van der Waals surface area (Å²) in [5.74, 6) is 0.223. The fraction of sp³-hybridized carbons (Fsp3) is 0.318. The van der Waals surface area contributed by atoms with E-state index in [-0.39, 0.29) is 11.7 Å². The van der Waals surface area contributed by atoms with Gasteiger partial charge in [0.25, 0.3) is 0 Å². The molecule has 0 aliphatic carbocycles. The van der Waals surface area contributed by atoms with Crippen LogP contribution in [-0.4, -0.2) is 34.4 Å². The van der Waals surface area contributed by atoms with Crippen molar-refractivity contribution >= 4 is 51.2 Å². The van der Waals surface area contributed by atoms with E-state index < -0.39 is 0 Å². The monoisotopic (exact) mass is 441 g/mol. The van der Waals surface area contributed by atoms with Gasteiger partial charge >= 0.3 is 0 Å². The largest absolute Gasteiger partial charge is 0.369 e. The smallest absolute Gasteiger partial charge is 0.234 e. The number of rotatable bonds is 9. The van der Waals surface area contributed by atoms with Crippen LogP contribution in [0.2, 0.25) is 0 Å². The first kappa shape index (κ1) is 22.1. The molecular formula is C22H27N5OS2. The summed E-state index contributed by atoms with van der Waals surface area (Å²) in [5, 5.41) is 15.2. The Balaban J connectivity index is 1.49. The molecule has 1 aromatic heterocycles. The van der Waals surface area contributed by atoms with E-state index in [1.807, 2.05) is 55.5 Å². The van der Waals surface area contributed by atoms with Gasteiger partial charge in [0, 0.05) is 29.6 Å². The van der Waals surface area contributed by atoms with E-state index in [2.05, 4.69) is 46.5 Å². The molecule has 0 radical (unpaired) electrons. The molecule has 0 aliphatic heterocycles. The van der Waals surface area contributed by atoms with Crippen LogP contribution in [0.4, 0.5) is 22.2 Å². The van der Waals surface area contributed by atoms with Crippen LogP contribution in [0.1, 0.15) is 26.3 Å². The molecule has 0 aliphatic rings. The zero-order valence-corrected chi connectivity index (χ0v) is 19.3. The van der Waals surface area contributed by atoms with Crippen molar-refractivity contribution in [2.24, 2.45) is 0 Å². The van der Waals surface area contributed by atoms with Crippen LogP contribution in [0.3, 0.4) is 0 Å². The molecule has 1 heterocycles. The van der Waals surface area contributed by atoms with Crippen molar-refractivity contribution in [1.29, 1.82) is 0 Å². The Bertz CT molecular complexity index is 954. The second-order valence-corrected chi connectivity index (χ2v) is 9.33. The summed E-state index contributed by atoms with van der Waals surface area (Å²) in [4.78, 5) is 14.6. The van der Waals surface area contributed by atoms with Gasteiger partial charge in [0.1, 0.15) is 0 Å². The van der Waals surface area contributed by atoms with Gasteiger partial charge in [-0.3, -0.25) is 4.79 Å². The maximum atomic E-state index is 12.3. The van der Waals surface area contributed by atoms with Gasteiger partial charge in [-0.1, -0.05) is 40.8 Å². The summed E-state index contributed by atoms with van der Waals surface area (Å²) in [5.41, 5.74) is 4.12. The molecule has 2 aromatic carbocycles. The van der Waals surface area contributed by atoms with Gasteiger partial charge in [-0.05, 0) is 64.1 Å². The molecule has 6 nitrogen and oxygen atoms in total. The van der Waals surface area contributed by atoms with Crippen molar-refractivity contribution in [2.45, 2.75) is 38.1 Å². The number of hydrogen-bond acceptors (Lipinski definition) is 7. The van der Waals surface area contributed by atoms with Crippen LogP contribution in [0.15, 0.2) is 52.9 Å². The van der Waals surface area contributed by atoms with Crippen LogP contribution < -0.4 is 15.5 Å². The number of carbonyl (C=O) groups excluding carboxylic acids is 1. The van der Waals surface area contributed by atoms with E-state index in [0.717, 1.165) is 27.9 Å². The summed E-state index contributed by atoms with van der Waals surface area (Å²) in [7, 11) is 0. The molecule has 0 fully saturated rings. The number of benzene rings is 2. The number of aryl methyl sites for hydroxylation is 1. The van der Waals surface area contributed by atoms with Crippen molar-refractivity contribution in [3.8, 4) is 0 Å². The first-order valence-electron chi connectivity index (χ1n) is 9.91. The fourth-order valence-electron chi connectivity index (χ4n) is 2.99. The molecule has 158 valence electrons. The summed E-state index contributed by atoms with van der Waals surface area (Å²) in [6, 6.07) is 16.5. The third-order valence-corrected chi connectivity index (χ3v) is 6.45. The Labute approximate surface area is 186 Å². The van der Waals surface area contributed by atoms with E-state index in [1.54, 1.807) is 0 Å². The number of aromatic nitrogens is 2. The molecule has 0 spiro atoms. The van der Waals surface area contributed by atoms with E-state index >= 15 is 0 Å². The Morgan fingerprint density at radius 3 is 2.37 bits per heavy atom. The van der Waals surface area contributed by atoms with Crippen LogP contribution in [-0.2, 0) is 4.79 Å². The Morgan fingerprint density at radius 2 is 1.73 bits per heavy atom. The summed E-state index contributed by atoms with van der Waals surface area (Å²) < 4.78 is 0.755. The minimum atomic E-state index is -0.0628. The molecule has 0 saturated heterocycles. The molecule has 0 unspecified atom stereocenters. The number of nitrogens with zero attached hydrogens (tertiary/aromatic N) is 3. The topological polar surface area (TPSA) is 70.2 Å². The molecule has 0 bridgehead atoms. The standard InChI is InChI=1S/C22H27N5OS2/c1-5-27(15(2)3)19-12-10-17(11-13-19)23-20(28)14-29-22-26-25-21(30-22)24-18-8-6-16(4)7-9-18/h6-13,15H,5,14H2,1-4H3,(H,23,28)(H,24,25). The summed E-state index contributed by atoms with van der Waals surface area (Å²) >= 11 is 2.82. The number of hydrogen-bond donors (Lipinski definition) is 2. The third-order valence-electron chi connectivity index (χ3n) is 4.48. The van der Waals surface area contributed by atoms with Gasteiger partial charge in [-0.15, -0.1) is 10.2 Å². The highest BCUT2D eigenvalue weighted by Gasteiger charge is 2.11. The van der Waals surface area contributed by atoms with Crippen LogP contribution in [0.5, 0.6) is 0 Å². The van der Waals surface area contributed by atoms with Crippen LogP contribution in [0.25, 0.3) is 0 Å². The highest BCUT2D eigenvalue weighted by molar-refractivity contribution is 8.01. The summed E-state index contributed by atoms with van der Waals surface area (Å²) in [6.45, 7) is 9.48. The number of carbonyl (C=O) groups is 1. The van der Waals surface area contributed by atoms with Crippen molar-refractivity contribution in [3.05, 3.63) is 54.1 Å². The number of anilines is 4. The average Bonchev–Trinajstić information content (AvgIpc) is 3.17. The second kappa shape index (κ2) is 10.4. The zero-order valence-electron chi connectivity index (χ0n) is 17.7. The van der Waals surface area contributed by atoms with Gasteiger partial charge in [0.15, 0.2) is 4.34 Å². The van der Waals surface area contributed by atoms with Crippen LogP contribution in [0, 0.1) is 6.92 Å². The van der Waals surface area contributed by atoms with Crippen molar-refractivity contribution in [2.75, 3.05) is 27.8 Å². The Hall–Kier alpha value is -2.58. The molecule has 8 heteroatoms. The fourth-order valence-corrected chi connectivity index (χ4v) is 4.56. The lowest BCUT2D eigenvalue weighted by atomic mass is 10.2. The average molecular weight is 442 g/mol. The lowest BCUT2D eigenvalue weighted by molar-refractivity contribution is -0.113. The van der Waals surface area contributed by atoms with Gasteiger partial charge in [-0.25, -0.2) is 0 Å². The van der Waals surface area contributed by atoms with Gasteiger partial charge in [0.2, 0.25) is 11.0 Å². The van der Waals surface area contributed by atoms with Gasteiger partial charge in [-0.2, -0.15) is 0 Å². The molecule has 1 amide bonds. The third kappa shape index (κ3) is 6.21. The number of amides is 1. The van der Waals surface area contributed by atoms with Crippen LogP contribution >= 0.6 is 23.1 Å². The van der Waals surface area contributed by atoms with Gasteiger partial charge in [0.05, 0.1) is 5.75 Å². The summed E-state index contributed by atoms with van der Waals surface area (Å²) in [6.07, 6.45) is 0. The molecule has 0 atom stereocenters. The zero-order chi connectivity index (χ0) is 21.5. The number of thioether (sulfide) groups is 1. The normalized spacial score (nSPS) is 10.8. The lowest BCUT2D eigenvalue weighted by Crippen LogP contribution is -2.30. The molecule has 3 rings (SSSR count). The minimum absolute atomic E-state index is 0.0628. The predicted octanol–water partition coefficient (Wildman–Crippen LogP) is 5.56. The Morgan fingerprint density at radius 1 is 1.07 bits per heavy atom. The van der Waals surface area contributed by atoms with Crippen molar-refractivity contribution < 1.29 is 4.79 Å². The lowest BCUT2D eigenvalue weighted by Gasteiger charge is -2.27. The van der Waals surface area contributed by atoms with Crippen molar-refractivity contribution in [1.82, 2.24) is 10.2 Å². The first-order chi connectivity index (χ1) is 14.4. The van der Waals surface area contributed by atoms with E-state index in [9.17, 15) is 4.79 Å². The van der Waals surface area contributed by atoms with E-state index in [4.69, 9.17) is 0 Å². The predicted molar refractivity (Wildman–Crippen MR) is 128 cm³/mol. The molecule has 30 heavy (non-hydrogen) atoms. The van der Waals surface area contributed by atoms with Gasteiger partial charge < -0.3 is 15.5 Å². The molecular weight excluding hydrogens is 414 g/mol. The molecule has 2 N–H and O–H groups in total. The second-order valence-electron chi connectivity index (χ2n) is 7.13. The minimum Gasteiger partial charge on any atom is -0.369 e. The molecule has 0 saturated carbocycles.